The molecule has 3 heteroatoms. The third-order valence-electron chi connectivity index (χ3n) is 4.81. The lowest BCUT2D eigenvalue weighted by Gasteiger charge is -2.46. The van der Waals surface area contributed by atoms with Crippen LogP contribution in [0.4, 0.5) is 0 Å². The molecule has 1 aliphatic heterocycles. The Hall–Kier alpha value is -2.13. The molecule has 1 fully saturated rings. The van der Waals surface area contributed by atoms with Gasteiger partial charge in [0.2, 0.25) is 0 Å². The molecule has 0 bridgehead atoms. The van der Waals surface area contributed by atoms with E-state index >= 15 is 0 Å². The first kappa shape index (κ1) is 15.8. The lowest BCUT2D eigenvalue weighted by atomic mass is 9.83. The van der Waals surface area contributed by atoms with E-state index in [1.54, 1.807) is 0 Å². The van der Waals surface area contributed by atoms with E-state index in [2.05, 4.69) is 53.4 Å². The van der Waals surface area contributed by atoms with Gasteiger partial charge in [-0.15, -0.1) is 0 Å². The first-order valence-electron chi connectivity index (χ1n) is 8.12. The fraction of sp³-hybridized carbons (Fsp3) is 0.350. The van der Waals surface area contributed by atoms with Gasteiger partial charge in [0.05, 0.1) is 19.1 Å². The van der Waals surface area contributed by atoms with Crippen molar-refractivity contribution in [1.29, 1.82) is 0 Å². The Bertz CT molecular complexity index is 596. The van der Waals surface area contributed by atoms with E-state index in [1.165, 1.54) is 18.2 Å². The number of hydrogen-bond donors (Lipinski definition) is 0. The molecule has 1 atom stereocenters. The summed E-state index contributed by atoms with van der Waals surface area (Å²) in [4.78, 5) is 14.2. The third-order valence-corrected chi connectivity index (χ3v) is 4.81. The maximum absolute atomic E-state index is 11.7. The van der Waals surface area contributed by atoms with Gasteiger partial charge in [0.25, 0.3) is 0 Å². The Labute approximate surface area is 137 Å². The molecule has 0 saturated carbocycles. The maximum atomic E-state index is 11.7. The maximum Gasteiger partial charge on any atom is 0.308 e. The van der Waals surface area contributed by atoms with Crippen molar-refractivity contribution in [3.63, 3.8) is 0 Å². The quantitative estimate of drug-likeness (QED) is 0.792. The lowest BCUT2D eigenvalue weighted by molar-refractivity contribution is -0.149. The number of rotatable bonds is 5. The highest BCUT2D eigenvalue weighted by Crippen LogP contribution is 2.36. The van der Waals surface area contributed by atoms with E-state index < -0.39 is 0 Å². The van der Waals surface area contributed by atoms with Crippen LogP contribution in [0, 0.1) is 11.8 Å². The van der Waals surface area contributed by atoms with Crippen LogP contribution in [-0.4, -0.2) is 31.1 Å². The zero-order valence-electron chi connectivity index (χ0n) is 13.7. The molecule has 0 aromatic heterocycles. The molecule has 1 heterocycles. The fourth-order valence-electron chi connectivity index (χ4n) is 3.34. The summed E-state index contributed by atoms with van der Waals surface area (Å²) in [6, 6.07) is 21.4. The minimum atomic E-state index is -0.106. The van der Waals surface area contributed by atoms with Crippen molar-refractivity contribution in [3.8, 4) is 0 Å². The number of esters is 1. The summed E-state index contributed by atoms with van der Waals surface area (Å²) in [6.45, 7) is 3.81. The Morgan fingerprint density at radius 2 is 1.48 bits per heavy atom. The standard InChI is InChI=1S/C20H23NO2/c1-15(20(22)23-2)18-13-21(14-18)19(16-9-5-3-6-10-16)17-11-7-4-8-12-17/h3-12,15,18-19H,13-14H2,1-2H3. The number of hydrogen-bond acceptors (Lipinski definition) is 3. The number of likely N-dealkylation sites (tertiary alicyclic amines) is 1. The van der Waals surface area contributed by atoms with Crippen LogP contribution in [0.3, 0.4) is 0 Å². The molecular weight excluding hydrogens is 286 g/mol. The van der Waals surface area contributed by atoms with Crippen molar-refractivity contribution < 1.29 is 9.53 Å². The summed E-state index contributed by atoms with van der Waals surface area (Å²) < 4.78 is 4.88. The smallest absolute Gasteiger partial charge is 0.308 e. The van der Waals surface area contributed by atoms with E-state index in [-0.39, 0.29) is 17.9 Å². The van der Waals surface area contributed by atoms with Crippen molar-refractivity contribution in [2.75, 3.05) is 20.2 Å². The Balaban J connectivity index is 1.78. The molecule has 2 aromatic rings. The molecular formula is C20H23NO2. The minimum absolute atomic E-state index is 0.0385. The average molecular weight is 309 g/mol. The second-order valence-corrected chi connectivity index (χ2v) is 6.25. The molecule has 2 aromatic carbocycles. The normalized spacial score (nSPS) is 16.8. The number of benzene rings is 2. The molecule has 0 amide bonds. The van der Waals surface area contributed by atoms with Crippen LogP contribution < -0.4 is 0 Å². The number of methoxy groups -OCH3 is 1. The van der Waals surface area contributed by atoms with Crippen molar-refractivity contribution in [2.45, 2.75) is 13.0 Å². The summed E-state index contributed by atoms with van der Waals surface area (Å²) in [6.07, 6.45) is 0. The number of carbonyl (C=O) groups excluding carboxylic acids is 1. The minimum Gasteiger partial charge on any atom is -0.469 e. The zero-order valence-corrected chi connectivity index (χ0v) is 13.7. The van der Waals surface area contributed by atoms with E-state index in [0.717, 1.165) is 13.1 Å². The zero-order chi connectivity index (χ0) is 16.2. The molecule has 0 spiro atoms. The second-order valence-electron chi connectivity index (χ2n) is 6.25. The topological polar surface area (TPSA) is 29.5 Å². The molecule has 0 N–H and O–H groups in total. The van der Waals surface area contributed by atoms with E-state index in [0.29, 0.717) is 5.92 Å². The van der Waals surface area contributed by atoms with Gasteiger partial charge < -0.3 is 4.74 Å². The molecule has 1 saturated heterocycles. The van der Waals surface area contributed by atoms with Crippen LogP contribution in [0.15, 0.2) is 60.7 Å². The van der Waals surface area contributed by atoms with Gasteiger partial charge in [0, 0.05) is 13.1 Å². The Kier molecular flexibility index (Phi) is 4.77. The van der Waals surface area contributed by atoms with Gasteiger partial charge in [-0.1, -0.05) is 67.6 Å². The van der Waals surface area contributed by atoms with Gasteiger partial charge in [0.15, 0.2) is 0 Å². The van der Waals surface area contributed by atoms with Gasteiger partial charge in [-0.3, -0.25) is 9.69 Å². The van der Waals surface area contributed by atoms with Crippen LogP contribution >= 0.6 is 0 Å². The first-order chi connectivity index (χ1) is 11.2. The van der Waals surface area contributed by atoms with Crippen LogP contribution in [0.1, 0.15) is 24.1 Å². The van der Waals surface area contributed by atoms with Gasteiger partial charge in [-0.05, 0) is 17.0 Å². The van der Waals surface area contributed by atoms with E-state index in [1.807, 2.05) is 19.1 Å². The molecule has 0 radical (unpaired) electrons. The van der Waals surface area contributed by atoms with E-state index in [9.17, 15) is 4.79 Å². The highest BCUT2D eigenvalue weighted by molar-refractivity contribution is 5.72. The average Bonchev–Trinajstić information content (AvgIpc) is 2.58. The summed E-state index contributed by atoms with van der Waals surface area (Å²) in [5.41, 5.74) is 2.59. The monoisotopic (exact) mass is 309 g/mol. The summed E-state index contributed by atoms with van der Waals surface area (Å²) in [5, 5.41) is 0. The largest absolute Gasteiger partial charge is 0.469 e. The highest BCUT2D eigenvalue weighted by atomic mass is 16.5. The summed E-state index contributed by atoms with van der Waals surface area (Å²) in [7, 11) is 1.46. The predicted molar refractivity (Wildman–Crippen MR) is 91.0 cm³/mol. The molecule has 0 aliphatic carbocycles. The second kappa shape index (κ2) is 6.97. The van der Waals surface area contributed by atoms with Gasteiger partial charge in [-0.2, -0.15) is 0 Å². The van der Waals surface area contributed by atoms with Gasteiger partial charge in [-0.25, -0.2) is 0 Å². The van der Waals surface area contributed by atoms with Crippen molar-refractivity contribution >= 4 is 5.97 Å². The first-order valence-corrected chi connectivity index (χ1v) is 8.12. The molecule has 1 aliphatic rings. The molecule has 3 nitrogen and oxygen atoms in total. The predicted octanol–water partition coefficient (Wildman–Crippen LogP) is 3.52. The fourth-order valence-corrected chi connectivity index (χ4v) is 3.34. The van der Waals surface area contributed by atoms with Crippen LogP contribution in [-0.2, 0) is 9.53 Å². The van der Waals surface area contributed by atoms with Crippen molar-refractivity contribution in [3.05, 3.63) is 71.8 Å². The Morgan fingerprint density at radius 1 is 1.00 bits per heavy atom. The lowest BCUT2D eigenvalue weighted by Crippen LogP contribution is -2.52. The van der Waals surface area contributed by atoms with E-state index in [4.69, 9.17) is 4.74 Å². The molecule has 3 rings (SSSR count). The van der Waals surface area contributed by atoms with Crippen molar-refractivity contribution in [1.82, 2.24) is 4.90 Å². The van der Waals surface area contributed by atoms with Crippen LogP contribution in [0.5, 0.6) is 0 Å². The van der Waals surface area contributed by atoms with Gasteiger partial charge >= 0.3 is 5.97 Å². The van der Waals surface area contributed by atoms with Crippen LogP contribution in [0.2, 0.25) is 0 Å². The molecule has 120 valence electrons. The summed E-state index contributed by atoms with van der Waals surface area (Å²) >= 11 is 0. The Morgan fingerprint density at radius 3 is 1.91 bits per heavy atom. The number of nitrogens with zero attached hydrogens (tertiary/aromatic N) is 1. The SMILES string of the molecule is COC(=O)C(C)C1CN(C(c2ccccc2)c2ccccc2)C1. The number of carbonyl (C=O) groups is 1. The number of ether oxygens (including phenoxy) is 1. The van der Waals surface area contributed by atoms with Crippen LogP contribution in [0.25, 0.3) is 0 Å². The molecule has 1 unspecified atom stereocenters. The van der Waals surface area contributed by atoms with Crippen molar-refractivity contribution in [2.24, 2.45) is 11.8 Å². The third kappa shape index (κ3) is 3.30. The highest BCUT2D eigenvalue weighted by Gasteiger charge is 2.39. The summed E-state index contributed by atoms with van der Waals surface area (Å²) in [5.74, 6) is 0.228. The molecule has 23 heavy (non-hydrogen) atoms. The van der Waals surface area contributed by atoms with Gasteiger partial charge in [0.1, 0.15) is 0 Å².